The second kappa shape index (κ2) is 9.80. The van der Waals surface area contributed by atoms with Gasteiger partial charge in [0.1, 0.15) is 11.5 Å². The van der Waals surface area contributed by atoms with Crippen LogP contribution in [0.4, 0.5) is 11.4 Å². The molecule has 0 atom stereocenters. The van der Waals surface area contributed by atoms with E-state index >= 15 is 0 Å². The van der Waals surface area contributed by atoms with E-state index in [1.165, 1.54) is 4.90 Å². The van der Waals surface area contributed by atoms with Crippen LogP contribution in [0.2, 0.25) is 5.02 Å². The number of para-hydroxylation sites is 1. The van der Waals surface area contributed by atoms with Gasteiger partial charge < -0.3 is 20.3 Å². The van der Waals surface area contributed by atoms with Gasteiger partial charge in [-0.05, 0) is 54.6 Å². The zero-order valence-electron chi connectivity index (χ0n) is 16.7. The molecule has 0 spiro atoms. The molecule has 2 amide bonds. The Kier molecular flexibility index (Phi) is 6.93. The maximum atomic E-state index is 12.3. The molecule has 0 aliphatic carbocycles. The van der Waals surface area contributed by atoms with Gasteiger partial charge in [0.2, 0.25) is 5.91 Å². The van der Waals surface area contributed by atoms with E-state index in [1.54, 1.807) is 56.6 Å². The minimum Gasteiger partial charge on any atom is -0.457 e. The van der Waals surface area contributed by atoms with E-state index in [-0.39, 0.29) is 18.4 Å². The average Bonchev–Trinajstić information content (AvgIpc) is 2.74. The molecule has 154 valence electrons. The van der Waals surface area contributed by atoms with Crippen LogP contribution < -0.4 is 15.4 Å². The molecule has 0 heterocycles. The maximum absolute atomic E-state index is 12.3. The lowest BCUT2D eigenvalue weighted by molar-refractivity contribution is -0.114. The molecule has 0 unspecified atom stereocenters. The highest BCUT2D eigenvalue weighted by atomic mass is 35.5. The van der Waals surface area contributed by atoms with Crippen molar-refractivity contribution < 1.29 is 14.3 Å². The van der Waals surface area contributed by atoms with Crippen molar-refractivity contribution in [2.75, 3.05) is 31.3 Å². The van der Waals surface area contributed by atoms with Gasteiger partial charge >= 0.3 is 0 Å². The number of rotatable bonds is 7. The summed E-state index contributed by atoms with van der Waals surface area (Å²) in [5.41, 5.74) is 1.58. The van der Waals surface area contributed by atoms with Crippen LogP contribution in [0, 0.1) is 0 Å². The fourth-order valence-electron chi connectivity index (χ4n) is 2.70. The average molecular weight is 424 g/mol. The number of nitrogens with zero attached hydrogens (tertiary/aromatic N) is 1. The van der Waals surface area contributed by atoms with E-state index < -0.39 is 0 Å². The first-order valence-corrected chi connectivity index (χ1v) is 9.68. The van der Waals surface area contributed by atoms with Gasteiger partial charge in [-0.1, -0.05) is 29.8 Å². The second-order valence-corrected chi connectivity index (χ2v) is 7.17. The molecule has 0 aliphatic heterocycles. The largest absolute Gasteiger partial charge is 0.457 e. The Morgan fingerprint density at radius 2 is 1.60 bits per heavy atom. The third kappa shape index (κ3) is 5.75. The number of hydrogen-bond donors (Lipinski definition) is 2. The van der Waals surface area contributed by atoms with Gasteiger partial charge in [-0.3, -0.25) is 9.59 Å². The fraction of sp³-hybridized carbons (Fsp3) is 0.130. The Morgan fingerprint density at radius 1 is 0.933 bits per heavy atom. The minimum atomic E-state index is -0.255. The first-order chi connectivity index (χ1) is 14.4. The highest BCUT2D eigenvalue weighted by molar-refractivity contribution is 6.31. The molecule has 0 aliphatic rings. The maximum Gasteiger partial charge on any atom is 0.255 e. The summed E-state index contributed by atoms with van der Waals surface area (Å²) in [6.45, 7) is -0.0175. The SMILES string of the molecule is CN(C)C(=O)c1ccc(Cl)cc1NCC(=O)Nc1ccc(Oc2ccccc2)cc1. The van der Waals surface area contributed by atoms with Crippen molar-refractivity contribution in [3.8, 4) is 11.5 Å². The van der Waals surface area contributed by atoms with Crippen LogP contribution in [0.5, 0.6) is 11.5 Å². The zero-order valence-corrected chi connectivity index (χ0v) is 17.4. The highest BCUT2D eigenvalue weighted by Crippen LogP contribution is 2.24. The van der Waals surface area contributed by atoms with Gasteiger partial charge in [-0.2, -0.15) is 0 Å². The van der Waals surface area contributed by atoms with Crippen molar-refractivity contribution in [3.63, 3.8) is 0 Å². The number of ether oxygens (including phenoxy) is 1. The molecule has 0 fully saturated rings. The number of hydrogen-bond acceptors (Lipinski definition) is 4. The first-order valence-electron chi connectivity index (χ1n) is 9.30. The van der Waals surface area contributed by atoms with Gasteiger partial charge in [0.25, 0.3) is 5.91 Å². The molecule has 0 radical (unpaired) electrons. The number of halogens is 1. The van der Waals surface area contributed by atoms with E-state index in [0.717, 1.165) is 5.75 Å². The predicted molar refractivity (Wildman–Crippen MR) is 120 cm³/mol. The number of benzene rings is 3. The van der Waals surface area contributed by atoms with E-state index in [9.17, 15) is 9.59 Å². The lowest BCUT2D eigenvalue weighted by atomic mass is 10.1. The van der Waals surface area contributed by atoms with Crippen LogP contribution in [-0.2, 0) is 4.79 Å². The monoisotopic (exact) mass is 423 g/mol. The molecule has 0 bridgehead atoms. The normalized spacial score (nSPS) is 10.2. The summed E-state index contributed by atoms with van der Waals surface area (Å²) >= 11 is 6.04. The molecule has 0 saturated heterocycles. The molecule has 6 nitrogen and oxygen atoms in total. The highest BCUT2D eigenvalue weighted by Gasteiger charge is 2.14. The molecule has 2 N–H and O–H groups in total. The summed E-state index contributed by atoms with van der Waals surface area (Å²) in [6.07, 6.45) is 0. The van der Waals surface area contributed by atoms with Crippen molar-refractivity contribution >= 4 is 34.8 Å². The van der Waals surface area contributed by atoms with Gasteiger partial charge in [0.05, 0.1) is 12.1 Å². The van der Waals surface area contributed by atoms with Crippen molar-refractivity contribution in [2.45, 2.75) is 0 Å². The summed E-state index contributed by atoms with van der Waals surface area (Å²) in [5.74, 6) is 0.977. The number of amides is 2. The fourth-order valence-corrected chi connectivity index (χ4v) is 2.87. The first kappa shape index (κ1) is 21.2. The summed E-state index contributed by atoms with van der Waals surface area (Å²) in [7, 11) is 3.33. The lowest BCUT2D eigenvalue weighted by Gasteiger charge is -2.16. The smallest absolute Gasteiger partial charge is 0.255 e. The zero-order chi connectivity index (χ0) is 21.5. The number of carbonyl (C=O) groups excluding carboxylic acids is 2. The Labute approximate surface area is 180 Å². The lowest BCUT2D eigenvalue weighted by Crippen LogP contribution is -2.25. The van der Waals surface area contributed by atoms with E-state index in [0.29, 0.717) is 27.7 Å². The van der Waals surface area contributed by atoms with Gasteiger partial charge in [0.15, 0.2) is 0 Å². The Balaban J connectivity index is 1.59. The van der Waals surface area contributed by atoms with Gasteiger partial charge in [-0.15, -0.1) is 0 Å². The molecule has 0 saturated carbocycles. The van der Waals surface area contributed by atoms with Crippen LogP contribution in [0.25, 0.3) is 0 Å². The Morgan fingerprint density at radius 3 is 2.27 bits per heavy atom. The molecular formula is C23H22ClN3O3. The topological polar surface area (TPSA) is 70.7 Å². The number of anilines is 2. The van der Waals surface area contributed by atoms with Crippen LogP contribution in [0.15, 0.2) is 72.8 Å². The molecule has 3 rings (SSSR count). The van der Waals surface area contributed by atoms with Crippen LogP contribution in [0.1, 0.15) is 10.4 Å². The van der Waals surface area contributed by atoms with Crippen molar-refractivity contribution in [3.05, 3.63) is 83.4 Å². The third-order valence-corrected chi connectivity index (χ3v) is 4.41. The molecule has 3 aromatic carbocycles. The molecule has 3 aromatic rings. The van der Waals surface area contributed by atoms with Crippen LogP contribution in [0.3, 0.4) is 0 Å². The molecule has 0 aromatic heterocycles. The van der Waals surface area contributed by atoms with Crippen LogP contribution in [-0.4, -0.2) is 37.4 Å². The Bertz CT molecular complexity index is 1020. The predicted octanol–water partition coefficient (Wildman–Crippen LogP) is 4.88. The summed E-state index contributed by atoms with van der Waals surface area (Å²) in [6, 6.07) is 21.4. The standard InChI is InChI=1S/C23H22ClN3O3/c1-27(2)23(29)20-13-8-16(24)14-21(20)25-15-22(28)26-17-9-11-19(12-10-17)30-18-6-4-3-5-7-18/h3-14,25H,15H2,1-2H3,(H,26,28). The van der Waals surface area contributed by atoms with Gasteiger partial charge in [0, 0.05) is 30.5 Å². The molecular weight excluding hydrogens is 402 g/mol. The summed E-state index contributed by atoms with van der Waals surface area (Å²) in [4.78, 5) is 26.1. The Hall–Kier alpha value is -3.51. The minimum absolute atomic E-state index is 0.0175. The number of nitrogens with one attached hydrogen (secondary N) is 2. The van der Waals surface area contributed by atoms with Crippen molar-refractivity contribution in [1.29, 1.82) is 0 Å². The summed E-state index contributed by atoms with van der Waals surface area (Å²) < 4.78 is 5.74. The van der Waals surface area contributed by atoms with Gasteiger partial charge in [-0.25, -0.2) is 0 Å². The summed E-state index contributed by atoms with van der Waals surface area (Å²) in [5, 5.41) is 6.26. The second-order valence-electron chi connectivity index (χ2n) is 6.73. The van der Waals surface area contributed by atoms with E-state index in [4.69, 9.17) is 16.3 Å². The van der Waals surface area contributed by atoms with E-state index in [2.05, 4.69) is 10.6 Å². The van der Waals surface area contributed by atoms with Crippen molar-refractivity contribution in [1.82, 2.24) is 4.90 Å². The van der Waals surface area contributed by atoms with Crippen LogP contribution >= 0.6 is 11.6 Å². The van der Waals surface area contributed by atoms with E-state index in [1.807, 2.05) is 30.3 Å². The quantitative estimate of drug-likeness (QED) is 0.568. The molecule has 7 heteroatoms. The van der Waals surface area contributed by atoms with Crippen molar-refractivity contribution in [2.24, 2.45) is 0 Å². The molecule has 30 heavy (non-hydrogen) atoms. The number of carbonyl (C=O) groups is 2. The third-order valence-electron chi connectivity index (χ3n) is 4.17.